The predicted octanol–water partition coefficient (Wildman–Crippen LogP) is 5.71. The van der Waals surface area contributed by atoms with Crippen LogP contribution in [0.5, 0.6) is 5.75 Å². The van der Waals surface area contributed by atoms with Crippen molar-refractivity contribution in [2.24, 2.45) is 17.8 Å². The minimum atomic E-state index is -5.04. The Morgan fingerprint density at radius 2 is 1.79 bits per heavy atom. The highest BCUT2D eigenvalue weighted by Gasteiger charge is 2.56. The molecule has 0 spiro atoms. The van der Waals surface area contributed by atoms with Gasteiger partial charge in [-0.05, 0) is 74.5 Å². The lowest BCUT2D eigenvalue weighted by molar-refractivity contribution is -0.146. The molecule has 2 saturated carbocycles. The second-order valence-corrected chi connectivity index (χ2v) is 14.9. The van der Waals surface area contributed by atoms with Gasteiger partial charge in [-0.1, -0.05) is 6.92 Å². The average Bonchev–Trinajstić information content (AvgIpc) is 3.66. The number of carbonyl (C=O) groups excluding carboxylic acids is 1. The summed E-state index contributed by atoms with van der Waals surface area (Å²) in [6, 6.07) is 7.07. The maximum atomic E-state index is 14.7. The Morgan fingerprint density at radius 1 is 1.04 bits per heavy atom. The Kier molecular flexibility index (Phi) is 9.19. The molecule has 2 bridgehead atoms. The number of anilines is 1. The number of alkyl halides is 3. The quantitative estimate of drug-likeness (QED) is 0.229. The number of hydrogen-bond acceptors (Lipinski definition) is 10. The van der Waals surface area contributed by atoms with Gasteiger partial charge in [0, 0.05) is 69.2 Å². The Hall–Kier alpha value is -4.86. The Balaban J connectivity index is 1.10. The average molecular weight is 735 g/mol. The van der Waals surface area contributed by atoms with Crippen molar-refractivity contribution < 1.29 is 37.3 Å². The van der Waals surface area contributed by atoms with Gasteiger partial charge in [0.25, 0.3) is 5.91 Å². The molecule has 5 heterocycles. The first-order chi connectivity index (χ1) is 25.5. The summed E-state index contributed by atoms with van der Waals surface area (Å²) < 4.78 is 57.9. The van der Waals surface area contributed by atoms with Crippen LogP contribution in [0.15, 0.2) is 42.9 Å². The summed E-state index contributed by atoms with van der Waals surface area (Å²) in [7, 11) is 0. The summed E-state index contributed by atoms with van der Waals surface area (Å²) in [6.45, 7) is 4.51. The second kappa shape index (κ2) is 13.8. The van der Waals surface area contributed by atoms with Crippen LogP contribution in [-0.4, -0.2) is 84.6 Å². The van der Waals surface area contributed by atoms with E-state index in [4.69, 9.17) is 14.6 Å². The van der Waals surface area contributed by atoms with Gasteiger partial charge in [-0.3, -0.25) is 9.48 Å². The number of benzene rings is 1. The largest absolute Gasteiger partial charge is 0.490 e. The molecule has 4 fully saturated rings. The molecule has 8 rings (SSSR count). The van der Waals surface area contributed by atoms with Gasteiger partial charge in [-0.2, -0.15) is 18.3 Å². The van der Waals surface area contributed by atoms with Crippen LogP contribution in [0.2, 0.25) is 0 Å². The normalized spacial score (nSPS) is 25.4. The molecule has 2 saturated heterocycles. The fraction of sp³-hybridized carbons (Fsp3) is 0.541. The molecule has 1 aromatic carbocycles. The van der Waals surface area contributed by atoms with Crippen molar-refractivity contribution in [3.63, 3.8) is 0 Å². The molecule has 1 amide bonds. The summed E-state index contributed by atoms with van der Waals surface area (Å²) in [5, 5.41) is 18.1. The zero-order valence-corrected chi connectivity index (χ0v) is 29.3. The van der Waals surface area contributed by atoms with Crippen LogP contribution in [0.25, 0.3) is 22.4 Å². The summed E-state index contributed by atoms with van der Waals surface area (Å²) in [5.41, 5.74) is -3.14. The number of rotatable bonds is 8. The van der Waals surface area contributed by atoms with Crippen molar-refractivity contribution in [2.75, 3.05) is 31.2 Å². The molecule has 13 nitrogen and oxygen atoms in total. The number of carboxylic acid groups (broad SMARTS) is 1. The van der Waals surface area contributed by atoms with E-state index in [9.17, 15) is 27.9 Å². The zero-order valence-electron chi connectivity index (χ0n) is 29.3. The van der Waals surface area contributed by atoms with E-state index in [1.807, 2.05) is 13.0 Å². The molecule has 4 atom stereocenters. The fourth-order valence-corrected chi connectivity index (χ4v) is 8.94. The molecule has 2 aliphatic heterocycles. The number of aliphatic carboxylic acids is 1. The van der Waals surface area contributed by atoms with Crippen LogP contribution < -0.4 is 15.0 Å². The highest BCUT2D eigenvalue weighted by molar-refractivity contribution is 5.99. The topological polar surface area (TPSA) is 157 Å². The third kappa shape index (κ3) is 6.77. The van der Waals surface area contributed by atoms with E-state index in [1.54, 1.807) is 35.3 Å². The van der Waals surface area contributed by atoms with Gasteiger partial charge in [0.2, 0.25) is 5.95 Å². The number of aromatic nitrogens is 6. The maximum absolute atomic E-state index is 14.7. The molecule has 3 aromatic heterocycles. The second-order valence-electron chi connectivity index (χ2n) is 14.9. The molecule has 2 N–H and O–H groups in total. The number of piperidine rings is 1. The predicted molar refractivity (Wildman–Crippen MR) is 185 cm³/mol. The Morgan fingerprint density at radius 3 is 2.51 bits per heavy atom. The molecule has 280 valence electrons. The molecule has 16 heteroatoms. The van der Waals surface area contributed by atoms with Crippen molar-refractivity contribution in [3.05, 3.63) is 54.1 Å². The highest BCUT2D eigenvalue weighted by atomic mass is 19.4. The number of nitrogens with one attached hydrogen (secondary N) is 1. The Labute approximate surface area is 303 Å². The first-order valence-corrected chi connectivity index (χ1v) is 18.3. The van der Waals surface area contributed by atoms with Gasteiger partial charge in [-0.25, -0.2) is 24.7 Å². The van der Waals surface area contributed by atoms with Gasteiger partial charge in [0.1, 0.15) is 23.1 Å². The standard InChI is InChI=1S/C37H41F3N8O5/c1-21-15-22-17-23(16-21)36(19-22,34(50)51)45-33(49)28-20-43-32(44-31(28)37(38,39)40)30-27-4-3-26(18-29(27)48(46-30)24-7-13-52-14-8-24)53-25-5-11-47(12-6-25)35-41-9-2-10-42-35/h2-4,9-10,18,20-25H,5-8,11-17,19H2,1H3,(H,45,49)(H,50,51). The van der Waals surface area contributed by atoms with E-state index in [-0.39, 0.29) is 47.8 Å². The number of nitrogens with zero attached hydrogens (tertiary/aromatic N) is 7. The molecule has 53 heavy (non-hydrogen) atoms. The summed E-state index contributed by atoms with van der Waals surface area (Å²) >= 11 is 0. The number of ether oxygens (including phenoxy) is 2. The lowest BCUT2D eigenvalue weighted by Crippen LogP contribution is -2.57. The third-order valence-corrected chi connectivity index (χ3v) is 11.4. The molecular weight excluding hydrogens is 693 g/mol. The van der Waals surface area contributed by atoms with Crippen molar-refractivity contribution in [3.8, 4) is 17.3 Å². The minimum Gasteiger partial charge on any atom is -0.490 e. The van der Waals surface area contributed by atoms with Crippen LogP contribution in [0.1, 0.15) is 80.4 Å². The summed E-state index contributed by atoms with van der Waals surface area (Å²) in [6.07, 6.45) is 4.16. The van der Waals surface area contributed by atoms with Gasteiger partial charge in [0.05, 0.1) is 17.1 Å². The molecule has 4 aromatic rings. The van der Waals surface area contributed by atoms with Crippen molar-refractivity contribution in [2.45, 2.75) is 82.2 Å². The van der Waals surface area contributed by atoms with E-state index in [0.29, 0.717) is 61.5 Å². The first-order valence-electron chi connectivity index (χ1n) is 18.3. The lowest BCUT2D eigenvalue weighted by atomic mass is 9.78. The Bertz CT molecular complexity index is 2000. The number of carboxylic acids is 1. The van der Waals surface area contributed by atoms with E-state index in [1.165, 1.54) is 0 Å². The van der Waals surface area contributed by atoms with Crippen molar-refractivity contribution >= 4 is 28.7 Å². The summed E-state index contributed by atoms with van der Waals surface area (Å²) in [4.78, 5) is 45.2. The van der Waals surface area contributed by atoms with E-state index in [2.05, 4.69) is 30.2 Å². The van der Waals surface area contributed by atoms with Crippen LogP contribution in [0.4, 0.5) is 19.1 Å². The fourth-order valence-electron chi connectivity index (χ4n) is 8.94. The minimum absolute atomic E-state index is 0.0600. The molecule has 0 radical (unpaired) electrons. The molecule has 2 aliphatic carbocycles. The van der Waals surface area contributed by atoms with E-state index in [0.717, 1.165) is 38.5 Å². The number of carbonyl (C=O) groups is 2. The summed E-state index contributed by atoms with van der Waals surface area (Å²) in [5.74, 6) is -1.45. The van der Waals surface area contributed by atoms with Gasteiger partial charge in [-0.15, -0.1) is 0 Å². The number of amides is 1. The third-order valence-electron chi connectivity index (χ3n) is 11.4. The van der Waals surface area contributed by atoms with Crippen molar-refractivity contribution in [1.82, 2.24) is 35.0 Å². The van der Waals surface area contributed by atoms with Crippen molar-refractivity contribution in [1.29, 1.82) is 0 Å². The smallest absolute Gasteiger partial charge is 0.434 e. The zero-order chi connectivity index (χ0) is 36.9. The van der Waals surface area contributed by atoms with E-state index >= 15 is 0 Å². The van der Waals surface area contributed by atoms with Crippen LogP contribution in [-0.2, 0) is 15.7 Å². The molecule has 4 unspecified atom stereocenters. The number of hydrogen-bond donors (Lipinski definition) is 2. The molecule has 4 aliphatic rings. The first kappa shape index (κ1) is 35.2. The van der Waals surface area contributed by atoms with Crippen LogP contribution in [0, 0.1) is 17.8 Å². The van der Waals surface area contributed by atoms with Gasteiger partial charge >= 0.3 is 12.1 Å². The van der Waals surface area contributed by atoms with Crippen LogP contribution >= 0.6 is 0 Å². The number of fused-ring (bicyclic) bond motifs is 3. The monoisotopic (exact) mass is 734 g/mol. The maximum Gasteiger partial charge on any atom is 0.434 e. The SMILES string of the molecule is CC1CC2CC(C1)C(NC(=O)c1cnc(-c3nn(C4CCOCC4)c4cc(OC5CCN(c6ncccn6)CC5)ccc34)nc1C(F)(F)F)(C(=O)O)C2. The molecular formula is C37H41F3N8O5. The lowest BCUT2D eigenvalue weighted by Gasteiger charge is -2.33. The van der Waals surface area contributed by atoms with Crippen LogP contribution in [0.3, 0.4) is 0 Å². The van der Waals surface area contributed by atoms with E-state index < -0.39 is 34.8 Å². The number of halogens is 3. The van der Waals surface area contributed by atoms with Gasteiger partial charge < -0.3 is 24.8 Å². The highest BCUT2D eigenvalue weighted by Crippen LogP contribution is 2.51. The van der Waals surface area contributed by atoms with Gasteiger partial charge in [0.15, 0.2) is 11.5 Å².